The lowest BCUT2D eigenvalue weighted by molar-refractivity contribution is 0.885. The standard InChI is InChI=1S/C41H34N2/c1-28-9-7-8-12-41(28)43-30(3)39-24-22-37(26-40(39)38-23-13-31(27-42)25-29(38)2)36-20-18-35(19-21-36)34-16-14-33(15-17-34)32-10-5-4-6-11-32/h4-26,30,43H,1-3H3. The molecule has 6 rings (SSSR count). The summed E-state index contributed by atoms with van der Waals surface area (Å²) >= 11 is 0. The van der Waals surface area contributed by atoms with Crippen molar-refractivity contribution in [2.45, 2.75) is 26.8 Å². The summed E-state index contributed by atoms with van der Waals surface area (Å²) < 4.78 is 0. The van der Waals surface area contributed by atoms with Gasteiger partial charge in [0.1, 0.15) is 0 Å². The number of benzene rings is 6. The van der Waals surface area contributed by atoms with Gasteiger partial charge in [0.2, 0.25) is 0 Å². The fourth-order valence-electron chi connectivity index (χ4n) is 5.77. The maximum atomic E-state index is 9.46. The molecule has 2 nitrogen and oxygen atoms in total. The summed E-state index contributed by atoms with van der Waals surface area (Å²) in [5.41, 5.74) is 14.8. The van der Waals surface area contributed by atoms with Crippen molar-refractivity contribution in [2.24, 2.45) is 0 Å². The van der Waals surface area contributed by atoms with E-state index in [2.05, 4.69) is 153 Å². The van der Waals surface area contributed by atoms with Crippen LogP contribution in [-0.4, -0.2) is 0 Å². The van der Waals surface area contributed by atoms with Gasteiger partial charge in [0.15, 0.2) is 0 Å². The van der Waals surface area contributed by atoms with Crippen LogP contribution in [0.15, 0.2) is 140 Å². The molecule has 0 aromatic heterocycles. The third-order valence-electron chi connectivity index (χ3n) is 8.23. The first-order chi connectivity index (χ1) is 21.0. The molecule has 0 aliphatic rings. The quantitative estimate of drug-likeness (QED) is 0.213. The largest absolute Gasteiger partial charge is 0.378 e. The lowest BCUT2D eigenvalue weighted by Gasteiger charge is -2.22. The predicted octanol–water partition coefficient (Wildman–Crippen LogP) is 11.0. The first-order valence-electron chi connectivity index (χ1n) is 14.7. The van der Waals surface area contributed by atoms with Crippen molar-refractivity contribution in [1.29, 1.82) is 5.26 Å². The van der Waals surface area contributed by atoms with E-state index in [9.17, 15) is 5.26 Å². The molecule has 1 N–H and O–H groups in total. The highest BCUT2D eigenvalue weighted by Gasteiger charge is 2.16. The Bertz CT molecular complexity index is 1910. The number of aryl methyl sites for hydroxylation is 2. The van der Waals surface area contributed by atoms with Gasteiger partial charge >= 0.3 is 0 Å². The smallest absolute Gasteiger partial charge is 0.0991 e. The van der Waals surface area contributed by atoms with Crippen LogP contribution in [0.3, 0.4) is 0 Å². The van der Waals surface area contributed by atoms with Crippen LogP contribution in [0.1, 0.15) is 35.2 Å². The molecule has 1 unspecified atom stereocenters. The molecule has 0 aliphatic heterocycles. The number of para-hydroxylation sites is 1. The van der Waals surface area contributed by atoms with E-state index in [4.69, 9.17) is 0 Å². The van der Waals surface area contributed by atoms with Crippen LogP contribution in [0, 0.1) is 25.2 Å². The molecule has 6 aromatic carbocycles. The van der Waals surface area contributed by atoms with E-state index in [1.54, 1.807) is 0 Å². The monoisotopic (exact) mass is 554 g/mol. The van der Waals surface area contributed by atoms with Crippen LogP contribution in [0.2, 0.25) is 0 Å². The summed E-state index contributed by atoms with van der Waals surface area (Å²) in [5.74, 6) is 0. The van der Waals surface area contributed by atoms with E-state index in [0.29, 0.717) is 5.56 Å². The third-order valence-corrected chi connectivity index (χ3v) is 8.23. The minimum atomic E-state index is 0.0847. The molecule has 43 heavy (non-hydrogen) atoms. The zero-order valence-electron chi connectivity index (χ0n) is 24.8. The molecular formula is C41H34N2. The highest BCUT2D eigenvalue weighted by molar-refractivity contribution is 5.80. The summed E-state index contributed by atoms with van der Waals surface area (Å²) in [7, 11) is 0. The lowest BCUT2D eigenvalue weighted by atomic mass is 9.88. The van der Waals surface area contributed by atoms with Crippen molar-refractivity contribution in [3.05, 3.63) is 162 Å². The van der Waals surface area contributed by atoms with Gasteiger partial charge in [0.25, 0.3) is 0 Å². The van der Waals surface area contributed by atoms with Crippen LogP contribution in [0.5, 0.6) is 0 Å². The Labute approximate surface area is 254 Å². The van der Waals surface area contributed by atoms with Crippen LogP contribution in [-0.2, 0) is 0 Å². The summed E-state index contributed by atoms with van der Waals surface area (Å²) in [5, 5.41) is 13.2. The van der Waals surface area contributed by atoms with Crippen molar-refractivity contribution in [3.8, 4) is 50.6 Å². The summed E-state index contributed by atoms with van der Waals surface area (Å²) in [4.78, 5) is 0. The van der Waals surface area contributed by atoms with Crippen LogP contribution >= 0.6 is 0 Å². The average molecular weight is 555 g/mol. The van der Waals surface area contributed by atoms with Gasteiger partial charge in [0.05, 0.1) is 11.6 Å². The highest BCUT2D eigenvalue weighted by atomic mass is 14.9. The maximum Gasteiger partial charge on any atom is 0.0991 e. The molecule has 0 saturated heterocycles. The van der Waals surface area contributed by atoms with Gasteiger partial charge < -0.3 is 5.32 Å². The number of nitrogens with zero attached hydrogens (tertiary/aromatic N) is 1. The molecule has 0 heterocycles. The van der Waals surface area contributed by atoms with Gasteiger partial charge in [0, 0.05) is 11.7 Å². The minimum absolute atomic E-state index is 0.0847. The van der Waals surface area contributed by atoms with Gasteiger partial charge in [-0.15, -0.1) is 0 Å². The Kier molecular flexibility index (Phi) is 7.90. The van der Waals surface area contributed by atoms with E-state index < -0.39 is 0 Å². The molecule has 6 aromatic rings. The topological polar surface area (TPSA) is 35.8 Å². The average Bonchev–Trinajstić information content (AvgIpc) is 3.06. The summed E-state index contributed by atoms with van der Waals surface area (Å²) in [6, 6.07) is 51.6. The van der Waals surface area contributed by atoms with Crippen molar-refractivity contribution >= 4 is 5.69 Å². The molecule has 0 amide bonds. The molecule has 0 fully saturated rings. The van der Waals surface area contributed by atoms with Gasteiger partial charge in [-0.3, -0.25) is 0 Å². The molecule has 0 aliphatic carbocycles. The first kappa shape index (κ1) is 27.8. The SMILES string of the molecule is Cc1ccccc1NC(C)c1ccc(-c2ccc(-c3ccc(-c4ccccc4)cc3)cc2)cc1-c1ccc(C#N)cc1C. The second-order valence-corrected chi connectivity index (χ2v) is 11.1. The minimum Gasteiger partial charge on any atom is -0.378 e. The van der Waals surface area contributed by atoms with E-state index in [1.165, 1.54) is 44.5 Å². The molecule has 208 valence electrons. The number of nitrogens with one attached hydrogen (secondary N) is 1. The number of anilines is 1. The zero-order chi connectivity index (χ0) is 29.8. The molecular weight excluding hydrogens is 520 g/mol. The van der Waals surface area contributed by atoms with Crippen molar-refractivity contribution in [2.75, 3.05) is 5.32 Å². The Morgan fingerprint density at radius 1 is 0.512 bits per heavy atom. The number of hydrogen-bond acceptors (Lipinski definition) is 2. The first-order valence-corrected chi connectivity index (χ1v) is 14.7. The summed E-state index contributed by atoms with van der Waals surface area (Å²) in [6.45, 7) is 6.43. The maximum absolute atomic E-state index is 9.46. The molecule has 1 atom stereocenters. The highest BCUT2D eigenvalue weighted by Crippen LogP contribution is 2.37. The Morgan fingerprint density at radius 3 is 1.63 bits per heavy atom. The predicted molar refractivity (Wildman–Crippen MR) is 181 cm³/mol. The van der Waals surface area contributed by atoms with E-state index >= 15 is 0 Å². The Morgan fingerprint density at radius 2 is 1.05 bits per heavy atom. The van der Waals surface area contributed by atoms with Gasteiger partial charge in [-0.05, 0) is 106 Å². The Hall–Kier alpha value is -5.39. The number of hydrogen-bond donors (Lipinski definition) is 1. The van der Waals surface area contributed by atoms with Gasteiger partial charge in [-0.2, -0.15) is 5.26 Å². The van der Waals surface area contributed by atoms with Crippen molar-refractivity contribution in [1.82, 2.24) is 0 Å². The van der Waals surface area contributed by atoms with Crippen LogP contribution < -0.4 is 5.32 Å². The molecule has 0 saturated carbocycles. The molecule has 0 bridgehead atoms. The zero-order valence-corrected chi connectivity index (χ0v) is 24.8. The molecule has 0 radical (unpaired) electrons. The van der Waals surface area contributed by atoms with Crippen LogP contribution in [0.25, 0.3) is 44.5 Å². The molecule has 0 spiro atoms. The summed E-state index contributed by atoms with van der Waals surface area (Å²) in [6.07, 6.45) is 0. The second-order valence-electron chi connectivity index (χ2n) is 11.1. The van der Waals surface area contributed by atoms with Gasteiger partial charge in [-0.1, -0.05) is 115 Å². The van der Waals surface area contributed by atoms with E-state index in [0.717, 1.165) is 22.4 Å². The van der Waals surface area contributed by atoms with E-state index in [-0.39, 0.29) is 6.04 Å². The fraction of sp³-hybridized carbons (Fsp3) is 0.0976. The fourth-order valence-corrected chi connectivity index (χ4v) is 5.77. The van der Waals surface area contributed by atoms with E-state index in [1.807, 2.05) is 18.2 Å². The second kappa shape index (κ2) is 12.2. The van der Waals surface area contributed by atoms with Gasteiger partial charge in [-0.25, -0.2) is 0 Å². The van der Waals surface area contributed by atoms with Crippen LogP contribution in [0.4, 0.5) is 5.69 Å². The van der Waals surface area contributed by atoms with Crippen molar-refractivity contribution < 1.29 is 0 Å². The Balaban J connectivity index is 1.34. The normalized spacial score (nSPS) is 11.5. The number of nitriles is 1. The third kappa shape index (κ3) is 5.98. The van der Waals surface area contributed by atoms with Crippen molar-refractivity contribution in [3.63, 3.8) is 0 Å². The number of rotatable bonds is 7. The molecule has 2 heteroatoms. The lowest BCUT2D eigenvalue weighted by Crippen LogP contribution is -2.09.